The molecule has 21 heavy (non-hydrogen) atoms. The van der Waals surface area contributed by atoms with Crippen LogP contribution in [0.25, 0.3) is 0 Å². The van der Waals surface area contributed by atoms with E-state index in [9.17, 15) is 0 Å². The lowest BCUT2D eigenvalue weighted by Crippen LogP contribution is -2.14. The molecule has 0 aliphatic rings. The Bertz CT molecular complexity index is 593. The van der Waals surface area contributed by atoms with Crippen molar-refractivity contribution in [2.45, 2.75) is 26.8 Å². The predicted molar refractivity (Wildman–Crippen MR) is 89.7 cm³/mol. The first-order chi connectivity index (χ1) is 10.1. The maximum Gasteiger partial charge on any atom is 0.130 e. The van der Waals surface area contributed by atoms with Crippen molar-refractivity contribution in [1.82, 2.24) is 5.32 Å². The lowest BCUT2D eigenvalue weighted by Gasteiger charge is -2.11. The molecule has 2 aromatic carbocycles. The molecule has 2 rings (SSSR count). The molecule has 0 bridgehead atoms. The average Bonchev–Trinajstić information content (AvgIpc) is 2.40. The van der Waals surface area contributed by atoms with Gasteiger partial charge in [0.15, 0.2) is 0 Å². The number of benzene rings is 2. The van der Waals surface area contributed by atoms with Gasteiger partial charge in [-0.2, -0.15) is 0 Å². The second kappa shape index (κ2) is 7.69. The fraction of sp³-hybridized carbons (Fsp3) is 0.294. The van der Waals surface area contributed by atoms with E-state index < -0.39 is 0 Å². The number of aryl methyl sites for hydroxylation is 1. The summed E-state index contributed by atoms with van der Waals surface area (Å²) in [4.78, 5) is 0. The van der Waals surface area contributed by atoms with Gasteiger partial charge in [0.25, 0.3) is 0 Å². The molecule has 0 aliphatic heterocycles. The Labute approximate surface area is 136 Å². The van der Waals surface area contributed by atoms with Crippen LogP contribution in [0.2, 0.25) is 10.0 Å². The van der Waals surface area contributed by atoms with Crippen molar-refractivity contribution in [1.29, 1.82) is 0 Å². The maximum absolute atomic E-state index is 5.97. The van der Waals surface area contributed by atoms with Gasteiger partial charge in [-0.25, -0.2) is 0 Å². The van der Waals surface area contributed by atoms with Gasteiger partial charge in [0.05, 0.1) is 0 Å². The molecule has 0 spiro atoms. The molecule has 0 saturated heterocycles. The van der Waals surface area contributed by atoms with E-state index in [4.69, 9.17) is 27.9 Å². The minimum Gasteiger partial charge on any atom is -0.457 e. The minimum atomic E-state index is 0.564. The van der Waals surface area contributed by atoms with Gasteiger partial charge in [-0.15, -0.1) is 0 Å². The Kier molecular flexibility index (Phi) is 5.92. The molecule has 0 fully saturated rings. The van der Waals surface area contributed by atoms with Crippen molar-refractivity contribution in [2.75, 3.05) is 6.54 Å². The monoisotopic (exact) mass is 323 g/mol. The molecule has 2 aromatic rings. The zero-order chi connectivity index (χ0) is 15.2. The first-order valence-corrected chi connectivity index (χ1v) is 7.78. The minimum absolute atomic E-state index is 0.564. The quantitative estimate of drug-likeness (QED) is 0.699. The highest BCUT2D eigenvalue weighted by Gasteiger charge is 2.04. The van der Waals surface area contributed by atoms with Crippen LogP contribution in [0.1, 0.15) is 24.5 Å². The summed E-state index contributed by atoms with van der Waals surface area (Å²) >= 11 is 11.9. The lowest BCUT2D eigenvalue weighted by atomic mass is 10.1. The summed E-state index contributed by atoms with van der Waals surface area (Å²) in [5.41, 5.74) is 2.48. The van der Waals surface area contributed by atoms with Crippen molar-refractivity contribution >= 4 is 23.2 Å². The van der Waals surface area contributed by atoms with Crippen LogP contribution in [0.15, 0.2) is 36.4 Å². The third kappa shape index (κ3) is 4.92. The van der Waals surface area contributed by atoms with Gasteiger partial charge in [0.2, 0.25) is 0 Å². The number of nitrogens with one attached hydrogen (secondary N) is 1. The smallest absolute Gasteiger partial charge is 0.130 e. The van der Waals surface area contributed by atoms with E-state index in [2.05, 4.69) is 25.2 Å². The molecule has 0 saturated carbocycles. The molecule has 0 amide bonds. The first-order valence-electron chi connectivity index (χ1n) is 7.02. The molecule has 0 heterocycles. The summed E-state index contributed by atoms with van der Waals surface area (Å²) in [5.74, 6) is 1.42. The van der Waals surface area contributed by atoms with Gasteiger partial charge >= 0.3 is 0 Å². The van der Waals surface area contributed by atoms with Crippen molar-refractivity contribution in [3.63, 3.8) is 0 Å². The molecule has 0 unspecified atom stereocenters. The molecule has 2 nitrogen and oxygen atoms in total. The Morgan fingerprint density at radius 2 is 1.71 bits per heavy atom. The number of hydrogen-bond donors (Lipinski definition) is 1. The number of ether oxygens (including phenoxy) is 1. The molecule has 4 heteroatoms. The lowest BCUT2D eigenvalue weighted by molar-refractivity contribution is 0.482. The number of rotatable bonds is 6. The number of halogens is 2. The third-order valence-corrected chi connectivity index (χ3v) is 3.56. The molecule has 112 valence electrons. The van der Waals surface area contributed by atoms with E-state index in [1.165, 1.54) is 11.1 Å². The summed E-state index contributed by atoms with van der Waals surface area (Å²) < 4.78 is 5.81. The van der Waals surface area contributed by atoms with E-state index in [1.54, 1.807) is 18.2 Å². The van der Waals surface area contributed by atoms with Crippen LogP contribution in [0.3, 0.4) is 0 Å². The summed E-state index contributed by atoms with van der Waals surface area (Å²) in [6.45, 7) is 6.15. The summed E-state index contributed by atoms with van der Waals surface area (Å²) in [6, 6.07) is 11.3. The molecule has 0 aliphatic carbocycles. The van der Waals surface area contributed by atoms with Crippen LogP contribution >= 0.6 is 23.2 Å². The molecule has 1 N–H and O–H groups in total. The maximum atomic E-state index is 5.97. The number of hydrogen-bond acceptors (Lipinski definition) is 2. The zero-order valence-electron chi connectivity index (χ0n) is 12.2. The highest BCUT2D eigenvalue weighted by molar-refractivity contribution is 6.34. The molecular weight excluding hydrogens is 305 g/mol. The zero-order valence-corrected chi connectivity index (χ0v) is 13.8. The highest BCUT2D eigenvalue weighted by atomic mass is 35.5. The summed E-state index contributed by atoms with van der Waals surface area (Å²) in [5, 5.41) is 4.53. The van der Waals surface area contributed by atoms with Gasteiger partial charge in [-0.1, -0.05) is 36.2 Å². The van der Waals surface area contributed by atoms with Gasteiger partial charge in [-0.3, -0.25) is 0 Å². The SMILES string of the molecule is CCCNCc1ccc(Oc2cc(Cl)cc(Cl)c2)cc1C. The standard InChI is InChI=1S/C17H19Cl2NO/c1-3-6-20-11-13-4-5-16(7-12(13)2)21-17-9-14(18)8-15(19)10-17/h4-5,7-10,20H,3,6,11H2,1-2H3. The normalized spacial score (nSPS) is 10.7. The Morgan fingerprint density at radius 1 is 1.00 bits per heavy atom. The van der Waals surface area contributed by atoms with Crippen LogP contribution in [-0.4, -0.2) is 6.54 Å². The van der Waals surface area contributed by atoms with Crippen molar-refractivity contribution in [3.05, 3.63) is 57.6 Å². The molecule has 0 radical (unpaired) electrons. The highest BCUT2D eigenvalue weighted by Crippen LogP contribution is 2.29. The van der Waals surface area contributed by atoms with Gasteiger partial charge in [-0.05, 0) is 61.3 Å². The predicted octanol–water partition coefficient (Wildman–Crippen LogP) is 5.59. The van der Waals surface area contributed by atoms with Crippen LogP contribution in [0.4, 0.5) is 0 Å². The topological polar surface area (TPSA) is 21.3 Å². The van der Waals surface area contributed by atoms with Gasteiger partial charge in [0.1, 0.15) is 11.5 Å². The van der Waals surface area contributed by atoms with Crippen molar-refractivity contribution < 1.29 is 4.74 Å². The Morgan fingerprint density at radius 3 is 2.33 bits per heavy atom. The Balaban J connectivity index is 2.09. The van der Waals surface area contributed by atoms with Crippen LogP contribution in [0.5, 0.6) is 11.5 Å². The average molecular weight is 324 g/mol. The molecular formula is C17H19Cl2NO. The van der Waals surface area contributed by atoms with E-state index in [0.29, 0.717) is 15.8 Å². The fourth-order valence-corrected chi connectivity index (χ4v) is 2.56. The summed E-state index contributed by atoms with van der Waals surface area (Å²) in [7, 11) is 0. The molecule has 0 aromatic heterocycles. The molecule has 0 atom stereocenters. The van der Waals surface area contributed by atoms with Crippen molar-refractivity contribution in [3.8, 4) is 11.5 Å². The fourth-order valence-electron chi connectivity index (χ4n) is 2.05. The second-order valence-corrected chi connectivity index (χ2v) is 5.85. The van der Waals surface area contributed by atoms with Crippen molar-refractivity contribution in [2.24, 2.45) is 0 Å². The van der Waals surface area contributed by atoms with Gasteiger partial charge < -0.3 is 10.1 Å². The Hall–Kier alpha value is -1.22. The van der Waals surface area contributed by atoms with Crippen LogP contribution in [0, 0.1) is 6.92 Å². The van der Waals surface area contributed by atoms with Crippen LogP contribution in [-0.2, 0) is 6.54 Å². The third-order valence-electron chi connectivity index (χ3n) is 3.13. The van der Waals surface area contributed by atoms with E-state index in [-0.39, 0.29) is 0 Å². The van der Waals surface area contributed by atoms with Crippen LogP contribution < -0.4 is 10.1 Å². The van der Waals surface area contributed by atoms with E-state index in [1.807, 2.05) is 12.1 Å². The second-order valence-electron chi connectivity index (χ2n) is 4.97. The van der Waals surface area contributed by atoms with E-state index in [0.717, 1.165) is 25.3 Å². The van der Waals surface area contributed by atoms with Gasteiger partial charge in [0, 0.05) is 16.6 Å². The summed E-state index contributed by atoms with van der Waals surface area (Å²) in [6.07, 6.45) is 1.13. The first kappa shape index (κ1) is 16.2. The van der Waals surface area contributed by atoms with E-state index >= 15 is 0 Å². The largest absolute Gasteiger partial charge is 0.457 e.